The van der Waals surface area contributed by atoms with Crippen LogP contribution in [0.4, 0.5) is 0 Å². The zero-order chi connectivity index (χ0) is 11.5. The van der Waals surface area contributed by atoms with Gasteiger partial charge in [0.15, 0.2) is 0 Å². The van der Waals surface area contributed by atoms with Crippen molar-refractivity contribution in [3.05, 3.63) is 21.5 Å². The van der Waals surface area contributed by atoms with Crippen molar-refractivity contribution in [3.8, 4) is 0 Å². The Morgan fingerprint density at radius 2 is 1.43 bits per heavy atom. The summed E-state index contributed by atoms with van der Waals surface area (Å²) in [6.45, 7) is 16.1. The molecule has 0 unspecified atom stereocenters. The van der Waals surface area contributed by atoms with E-state index < -0.39 is 17.2 Å². The minimum Gasteiger partial charge on any atom is -0.114 e. The average molecular weight is 224 g/mol. The van der Waals surface area contributed by atoms with Crippen LogP contribution >= 0.6 is 0 Å². The minimum atomic E-state index is -0.706. The van der Waals surface area contributed by atoms with Crippen LogP contribution in [0.25, 0.3) is 0 Å². The number of allylic oxidation sites excluding steroid dienone is 4. The van der Waals surface area contributed by atoms with Crippen molar-refractivity contribution < 1.29 is 0 Å². The Hall–Kier alpha value is -0.216. The van der Waals surface area contributed by atoms with Crippen LogP contribution in [0.5, 0.6) is 0 Å². The van der Waals surface area contributed by atoms with Gasteiger partial charge >= 0.3 is 0 Å². The molecular weight excluding hydrogens is 200 g/mol. The van der Waals surface area contributed by atoms with Crippen molar-refractivity contribution in [3.63, 3.8) is 0 Å². The molecule has 0 rings (SSSR count). The second-order valence-electron chi connectivity index (χ2n) is 4.72. The standard InChI is InChI=1S/C12H24Si2/c1-9(2)11(13(5)6)12(10(3)4)14(7)8/h14H,5H2,1-4,6-8H3. The summed E-state index contributed by atoms with van der Waals surface area (Å²) in [7, 11) is -1.26. The van der Waals surface area contributed by atoms with Gasteiger partial charge in [0.2, 0.25) is 0 Å². The van der Waals surface area contributed by atoms with Crippen molar-refractivity contribution in [1.82, 2.24) is 0 Å². The summed E-state index contributed by atoms with van der Waals surface area (Å²) in [6.07, 6.45) is 4.28. The Kier molecular flexibility index (Phi) is 5.53. The smallest absolute Gasteiger partial charge is 0.0648 e. The van der Waals surface area contributed by atoms with E-state index in [1.165, 1.54) is 11.1 Å². The number of hydrogen-bond acceptors (Lipinski definition) is 0. The van der Waals surface area contributed by atoms with E-state index in [9.17, 15) is 0 Å². The predicted molar refractivity (Wildman–Crippen MR) is 74.4 cm³/mol. The maximum atomic E-state index is 4.28. The van der Waals surface area contributed by atoms with Crippen LogP contribution in [0.3, 0.4) is 0 Å². The summed E-state index contributed by atoms with van der Waals surface area (Å²) in [5, 5.41) is 3.29. The fourth-order valence-corrected chi connectivity index (χ4v) is 7.23. The lowest BCUT2D eigenvalue weighted by molar-refractivity contribution is 1.30. The maximum absolute atomic E-state index is 4.28. The highest BCUT2D eigenvalue weighted by atomic mass is 28.3. The molecule has 0 aromatic carbocycles. The zero-order valence-corrected chi connectivity index (χ0v) is 12.9. The highest BCUT2D eigenvalue weighted by molar-refractivity contribution is 6.76. The highest BCUT2D eigenvalue weighted by Gasteiger charge is 2.13. The highest BCUT2D eigenvalue weighted by Crippen LogP contribution is 2.21. The van der Waals surface area contributed by atoms with E-state index in [4.69, 9.17) is 0 Å². The molecule has 0 aliphatic rings. The van der Waals surface area contributed by atoms with Gasteiger partial charge in [0.25, 0.3) is 0 Å². The van der Waals surface area contributed by atoms with Crippen LogP contribution in [0, 0.1) is 0 Å². The normalized spacial score (nSPS) is 10.0. The van der Waals surface area contributed by atoms with Gasteiger partial charge in [0.1, 0.15) is 0 Å². The molecule has 0 saturated heterocycles. The second kappa shape index (κ2) is 5.61. The minimum absolute atomic E-state index is 0.554. The predicted octanol–water partition coefficient (Wildman–Crippen LogP) is 3.36. The van der Waals surface area contributed by atoms with E-state index in [2.05, 4.69) is 53.5 Å². The SMILES string of the molecule is C=[Si](C)C(=C(C)C)C(=C(C)C)[SiH](C)C. The summed E-state index contributed by atoms with van der Waals surface area (Å²) >= 11 is 0. The van der Waals surface area contributed by atoms with Crippen molar-refractivity contribution in [2.45, 2.75) is 47.3 Å². The zero-order valence-electron chi connectivity index (χ0n) is 10.8. The van der Waals surface area contributed by atoms with Gasteiger partial charge < -0.3 is 0 Å². The summed E-state index contributed by atoms with van der Waals surface area (Å²) in [4.78, 5) is 0. The third kappa shape index (κ3) is 3.50. The first kappa shape index (κ1) is 13.8. The van der Waals surface area contributed by atoms with E-state index in [0.717, 1.165) is 0 Å². The summed E-state index contributed by atoms with van der Waals surface area (Å²) in [5.74, 6) is 0. The van der Waals surface area contributed by atoms with Gasteiger partial charge in [-0.15, -0.1) is 6.17 Å². The van der Waals surface area contributed by atoms with Crippen LogP contribution in [-0.2, 0) is 0 Å². The lowest BCUT2D eigenvalue weighted by atomic mass is 10.2. The van der Waals surface area contributed by atoms with Crippen LogP contribution < -0.4 is 0 Å². The molecule has 0 bridgehead atoms. The van der Waals surface area contributed by atoms with E-state index in [1.54, 1.807) is 10.4 Å². The van der Waals surface area contributed by atoms with Gasteiger partial charge in [-0.05, 0) is 32.9 Å². The largest absolute Gasteiger partial charge is 0.114 e. The molecule has 0 aromatic rings. The average Bonchev–Trinajstić information content (AvgIpc) is 1.96. The van der Waals surface area contributed by atoms with Gasteiger partial charge in [-0.3, -0.25) is 0 Å². The molecule has 0 fully saturated rings. The molecule has 0 saturated carbocycles. The summed E-state index contributed by atoms with van der Waals surface area (Å²) in [6, 6.07) is 0. The van der Waals surface area contributed by atoms with Crippen LogP contribution in [-0.4, -0.2) is 23.4 Å². The van der Waals surface area contributed by atoms with Gasteiger partial charge in [-0.25, -0.2) is 0 Å². The van der Waals surface area contributed by atoms with Crippen LogP contribution in [0.1, 0.15) is 27.7 Å². The lowest BCUT2D eigenvalue weighted by Gasteiger charge is -2.19. The summed E-state index contributed by atoms with van der Waals surface area (Å²) < 4.78 is 0. The summed E-state index contributed by atoms with van der Waals surface area (Å²) in [5.41, 5.74) is 2.99. The maximum Gasteiger partial charge on any atom is 0.0648 e. The van der Waals surface area contributed by atoms with Gasteiger partial charge in [0, 0.05) is 8.41 Å². The molecule has 2 heteroatoms. The first-order chi connectivity index (χ1) is 6.29. The molecule has 0 amide bonds. The molecule has 0 N–H and O–H groups in total. The van der Waals surface area contributed by atoms with Gasteiger partial charge in [0.05, 0.1) is 8.80 Å². The van der Waals surface area contributed by atoms with Crippen molar-refractivity contribution in [2.24, 2.45) is 0 Å². The quantitative estimate of drug-likeness (QED) is 0.509. The Morgan fingerprint density at radius 1 is 1.00 bits per heavy atom. The van der Waals surface area contributed by atoms with Crippen molar-refractivity contribution in [1.29, 1.82) is 0 Å². The number of hydrogen-bond donors (Lipinski definition) is 0. The fourth-order valence-electron chi connectivity index (χ4n) is 2.04. The first-order valence-electron chi connectivity index (χ1n) is 5.30. The van der Waals surface area contributed by atoms with Crippen molar-refractivity contribution in [2.75, 3.05) is 0 Å². The first-order valence-corrected chi connectivity index (χ1v) is 10.4. The molecular formula is C12H24Si2. The van der Waals surface area contributed by atoms with Crippen LogP contribution in [0.2, 0.25) is 19.6 Å². The molecule has 0 radical (unpaired) electrons. The Balaban J connectivity index is 5.54. The van der Waals surface area contributed by atoms with E-state index in [0.29, 0.717) is 0 Å². The lowest BCUT2D eigenvalue weighted by Crippen LogP contribution is -2.17. The third-order valence-electron chi connectivity index (χ3n) is 2.31. The Bertz CT molecular complexity index is 285. The van der Waals surface area contributed by atoms with Crippen molar-refractivity contribution >= 4 is 23.4 Å². The number of rotatable bonds is 3. The molecule has 80 valence electrons. The van der Waals surface area contributed by atoms with E-state index in [-0.39, 0.29) is 0 Å². The third-order valence-corrected chi connectivity index (χ3v) is 6.24. The fraction of sp³-hybridized carbons (Fsp3) is 0.583. The molecule has 0 heterocycles. The molecule has 0 aliphatic heterocycles. The van der Waals surface area contributed by atoms with Gasteiger partial charge in [-0.1, -0.05) is 36.0 Å². The monoisotopic (exact) mass is 224 g/mol. The molecule has 0 atom stereocenters. The second-order valence-corrected chi connectivity index (χ2v) is 9.67. The van der Waals surface area contributed by atoms with Gasteiger partial charge in [-0.2, -0.15) is 0 Å². The van der Waals surface area contributed by atoms with Crippen LogP contribution in [0.15, 0.2) is 21.5 Å². The molecule has 0 nitrogen and oxygen atoms in total. The molecule has 0 aromatic heterocycles. The Labute approximate surface area is 92.6 Å². The Morgan fingerprint density at radius 3 is 1.50 bits per heavy atom. The van der Waals surface area contributed by atoms with E-state index >= 15 is 0 Å². The molecule has 0 spiro atoms. The van der Waals surface area contributed by atoms with E-state index in [1.807, 2.05) is 0 Å². The molecule has 14 heavy (non-hydrogen) atoms. The molecule has 0 aliphatic carbocycles. The topological polar surface area (TPSA) is 0 Å².